The molecule has 0 bridgehead atoms. The van der Waals surface area contributed by atoms with Crippen molar-refractivity contribution in [3.8, 4) is 5.75 Å². The Morgan fingerprint density at radius 1 is 1.24 bits per heavy atom. The highest BCUT2D eigenvalue weighted by Gasteiger charge is 2.59. The molecule has 6 nitrogen and oxygen atoms in total. The molecule has 10 heteroatoms. The van der Waals surface area contributed by atoms with Gasteiger partial charge in [-0.15, -0.1) is 0 Å². The van der Waals surface area contributed by atoms with E-state index in [0.29, 0.717) is 17.1 Å². The first kappa shape index (κ1) is 21.0. The molecule has 0 aliphatic carbocycles. The Labute approximate surface area is 164 Å². The first-order valence-corrected chi connectivity index (χ1v) is 8.70. The van der Waals surface area contributed by atoms with Crippen molar-refractivity contribution in [3.63, 3.8) is 0 Å². The highest BCUT2D eigenvalue weighted by atomic mass is 19.4. The van der Waals surface area contributed by atoms with Crippen LogP contribution in [0.5, 0.6) is 5.75 Å². The van der Waals surface area contributed by atoms with E-state index in [1.807, 2.05) is 0 Å². The van der Waals surface area contributed by atoms with Crippen LogP contribution in [0.15, 0.2) is 35.5 Å². The number of pyridine rings is 2. The minimum atomic E-state index is -4.76. The monoisotopic (exact) mass is 412 g/mol. The molecule has 3 heterocycles. The van der Waals surface area contributed by atoms with Gasteiger partial charge in [-0.3, -0.25) is 15.0 Å². The zero-order chi connectivity index (χ0) is 21.4. The third-order valence-electron chi connectivity index (χ3n) is 4.87. The van der Waals surface area contributed by atoms with Crippen LogP contribution in [-0.2, 0) is 16.7 Å². The molecule has 29 heavy (non-hydrogen) atoms. The minimum Gasteiger partial charge on any atom is -0.495 e. The lowest BCUT2D eigenvalue weighted by Crippen LogP contribution is -2.60. The number of nitrogens with zero attached hydrogens (tertiary/aromatic N) is 3. The van der Waals surface area contributed by atoms with Crippen molar-refractivity contribution < 1.29 is 27.0 Å². The summed E-state index contributed by atoms with van der Waals surface area (Å²) in [4.78, 5) is 12.5. The predicted molar refractivity (Wildman–Crippen MR) is 97.2 cm³/mol. The molecule has 2 N–H and O–H groups in total. The van der Waals surface area contributed by atoms with Gasteiger partial charge in [0.1, 0.15) is 28.6 Å². The van der Waals surface area contributed by atoms with Gasteiger partial charge in [0.15, 0.2) is 0 Å². The lowest BCUT2D eigenvalue weighted by atomic mass is 9.93. The van der Waals surface area contributed by atoms with Crippen LogP contribution in [0.2, 0.25) is 0 Å². The van der Waals surface area contributed by atoms with Gasteiger partial charge in [-0.25, -0.2) is 4.39 Å². The van der Waals surface area contributed by atoms with Crippen LogP contribution in [-0.4, -0.2) is 41.3 Å². The Hall–Kier alpha value is -2.75. The summed E-state index contributed by atoms with van der Waals surface area (Å²) in [7, 11) is 1.50. The number of halogens is 4. The number of hydrogen-bond donors (Lipinski definition) is 1. The molecule has 2 aromatic rings. The van der Waals surface area contributed by atoms with E-state index in [-0.39, 0.29) is 12.1 Å². The van der Waals surface area contributed by atoms with E-state index in [2.05, 4.69) is 15.0 Å². The molecule has 0 aromatic carbocycles. The summed E-state index contributed by atoms with van der Waals surface area (Å²) in [6, 6.07) is 6.09. The Morgan fingerprint density at radius 2 is 1.97 bits per heavy atom. The van der Waals surface area contributed by atoms with Gasteiger partial charge < -0.3 is 15.2 Å². The van der Waals surface area contributed by atoms with Crippen molar-refractivity contribution >= 4 is 5.84 Å². The van der Waals surface area contributed by atoms with Gasteiger partial charge in [-0.1, -0.05) is 0 Å². The van der Waals surface area contributed by atoms with E-state index < -0.39 is 35.6 Å². The second-order valence-electron chi connectivity index (χ2n) is 7.05. The lowest BCUT2D eigenvalue weighted by molar-refractivity contribution is -0.249. The SMILES string of the molecule is COc1cccnc1Cc1ccc(F)c([C@]2(C)CO[C@@](C)(C(F)(F)F)C(N)=N2)n1. The fourth-order valence-electron chi connectivity index (χ4n) is 2.98. The quantitative estimate of drug-likeness (QED) is 0.781. The van der Waals surface area contributed by atoms with E-state index in [1.54, 1.807) is 18.3 Å². The number of nitrogens with two attached hydrogens (primary N) is 1. The summed E-state index contributed by atoms with van der Waals surface area (Å²) in [5.74, 6) is -0.965. The maximum Gasteiger partial charge on any atom is 0.424 e. The number of amidine groups is 1. The van der Waals surface area contributed by atoms with E-state index in [4.69, 9.17) is 15.2 Å². The number of rotatable bonds is 4. The van der Waals surface area contributed by atoms with Gasteiger partial charge in [0.25, 0.3) is 0 Å². The normalized spacial score (nSPS) is 24.9. The number of alkyl halides is 3. The molecule has 2 aromatic heterocycles. The first-order chi connectivity index (χ1) is 13.5. The van der Waals surface area contributed by atoms with Crippen molar-refractivity contribution in [2.45, 2.75) is 37.6 Å². The fourth-order valence-corrected chi connectivity index (χ4v) is 2.98. The number of hydrogen-bond acceptors (Lipinski definition) is 6. The van der Waals surface area contributed by atoms with Crippen LogP contribution >= 0.6 is 0 Å². The largest absolute Gasteiger partial charge is 0.495 e. The molecule has 0 radical (unpaired) electrons. The summed E-state index contributed by atoms with van der Waals surface area (Å²) in [6.07, 6.45) is -2.94. The first-order valence-electron chi connectivity index (χ1n) is 8.70. The summed E-state index contributed by atoms with van der Waals surface area (Å²) >= 11 is 0. The molecule has 156 valence electrons. The van der Waals surface area contributed by atoms with Crippen molar-refractivity contribution in [1.29, 1.82) is 0 Å². The summed E-state index contributed by atoms with van der Waals surface area (Å²) in [6.45, 7) is 1.68. The zero-order valence-corrected chi connectivity index (χ0v) is 16.0. The molecule has 0 spiro atoms. The van der Waals surface area contributed by atoms with Crippen molar-refractivity contribution in [1.82, 2.24) is 9.97 Å². The third kappa shape index (κ3) is 3.76. The molecule has 0 unspecified atom stereocenters. The smallest absolute Gasteiger partial charge is 0.424 e. The zero-order valence-electron chi connectivity index (χ0n) is 16.0. The van der Waals surface area contributed by atoms with Gasteiger partial charge in [-0.2, -0.15) is 13.2 Å². The topological polar surface area (TPSA) is 82.6 Å². The van der Waals surface area contributed by atoms with Gasteiger partial charge in [-0.05, 0) is 38.1 Å². The number of aromatic nitrogens is 2. The van der Waals surface area contributed by atoms with Gasteiger partial charge in [0.05, 0.1) is 19.4 Å². The second-order valence-corrected chi connectivity index (χ2v) is 7.05. The molecule has 1 aliphatic heterocycles. The molecule has 0 saturated heterocycles. The van der Waals surface area contributed by atoms with E-state index in [0.717, 1.165) is 6.92 Å². The molecule has 1 aliphatic rings. The van der Waals surface area contributed by atoms with Crippen molar-refractivity contribution in [3.05, 3.63) is 53.4 Å². The fraction of sp³-hybridized carbons (Fsp3) is 0.421. The van der Waals surface area contributed by atoms with Crippen LogP contribution in [0.1, 0.15) is 30.9 Å². The van der Waals surface area contributed by atoms with Crippen molar-refractivity contribution in [2.24, 2.45) is 10.7 Å². The molecule has 0 amide bonds. The minimum absolute atomic E-state index is 0.155. The number of methoxy groups -OCH3 is 1. The lowest BCUT2D eigenvalue weighted by Gasteiger charge is -2.40. The molecular formula is C19H20F4N4O2. The standard InChI is InChI=1S/C19H20F4N4O2/c1-17(10-29-18(2,16(24)27-17)19(21,22)23)15-12(20)7-6-11(26-15)9-13-14(28-3)5-4-8-25-13/h4-8H,9-10H2,1-3H3,(H2,24,27)/t17-,18+/m0/s1. The van der Waals surface area contributed by atoms with Crippen LogP contribution in [0.4, 0.5) is 17.6 Å². The average molecular weight is 412 g/mol. The highest BCUT2D eigenvalue weighted by molar-refractivity contribution is 5.90. The van der Waals surface area contributed by atoms with E-state index in [9.17, 15) is 17.6 Å². The van der Waals surface area contributed by atoms with Gasteiger partial charge in [0, 0.05) is 18.3 Å². The number of ether oxygens (including phenoxy) is 2. The third-order valence-corrected chi connectivity index (χ3v) is 4.87. The van der Waals surface area contributed by atoms with Gasteiger partial charge >= 0.3 is 6.18 Å². The Kier molecular flexibility index (Phi) is 5.24. The maximum absolute atomic E-state index is 14.5. The molecule has 0 saturated carbocycles. The Bertz CT molecular complexity index is 950. The Balaban J connectivity index is 1.98. The molecule has 3 rings (SSSR count). The second kappa shape index (κ2) is 7.25. The number of aliphatic imine (C=N–C) groups is 1. The van der Waals surface area contributed by atoms with E-state index in [1.165, 1.54) is 26.2 Å². The van der Waals surface area contributed by atoms with Crippen LogP contribution in [0, 0.1) is 5.82 Å². The van der Waals surface area contributed by atoms with E-state index >= 15 is 0 Å². The van der Waals surface area contributed by atoms with Crippen molar-refractivity contribution in [2.75, 3.05) is 13.7 Å². The van der Waals surface area contributed by atoms with Crippen LogP contribution in [0.3, 0.4) is 0 Å². The summed E-state index contributed by atoms with van der Waals surface area (Å²) in [5, 5.41) is 0. The summed E-state index contributed by atoms with van der Waals surface area (Å²) in [5.41, 5.74) is 2.21. The molecule has 2 atom stereocenters. The highest BCUT2D eigenvalue weighted by Crippen LogP contribution is 2.40. The molecule has 0 fully saturated rings. The van der Waals surface area contributed by atoms with Gasteiger partial charge in [0.2, 0.25) is 5.60 Å². The van der Waals surface area contributed by atoms with Crippen LogP contribution < -0.4 is 10.5 Å². The predicted octanol–water partition coefficient (Wildman–Crippen LogP) is 3.14. The van der Waals surface area contributed by atoms with Crippen LogP contribution in [0.25, 0.3) is 0 Å². The molecular weight excluding hydrogens is 392 g/mol. The summed E-state index contributed by atoms with van der Waals surface area (Å²) < 4.78 is 64.7. The Morgan fingerprint density at radius 3 is 2.59 bits per heavy atom. The maximum atomic E-state index is 14.5. The average Bonchev–Trinajstić information content (AvgIpc) is 2.66.